The monoisotopic (exact) mass is 372 g/mol. The Labute approximate surface area is 165 Å². The summed E-state index contributed by atoms with van der Waals surface area (Å²) in [6, 6.07) is 17.5. The summed E-state index contributed by atoms with van der Waals surface area (Å²) in [4.78, 5) is 0. The molecule has 3 heteroatoms. The first-order valence-corrected chi connectivity index (χ1v) is 10.3. The highest BCUT2D eigenvalue weighted by molar-refractivity contribution is 5.47. The molecule has 0 amide bonds. The molecule has 3 aromatic rings. The molecule has 2 atom stereocenters. The van der Waals surface area contributed by atoms with Gasteiger partial charge in [0.2, 0.25) is 0 Å². The Morgan fingerprint density at radius 2 is 1.86 bits per heavy atom. The van der Waals surface area contributed by atoms with Crippen LogP contribution < -0.4 is 0 Å². The van der Waals surface area contributed by atoms with E-state index in [0.29, 0.717) is 11.8 Å². The third-order valence-electron chi connectivity index (χ3n) is 6.55. The van der Waals surface area contributed by atoms with Crippen molar-refractivity contribution in [3.05, 3.63) is 94.6 Å². The van der Waals surface area contributed by atoms with Crippen LogP contribution in [0.2, 0.25) is 0 Å². The molecule has 0 N–H and O–H groups in total. The molecule has 0 unspecified atom stereocenters. The Bertz CT molecular complexity index is 1010. The van der Waals surface area contributed by atoms with E-state index in [0.717, 1.165) is 18.5 Å². The molecule has 0 spiro atoms. The Morgan fingerprint density at radius 3 is 2.64 bits per heavy atom. The van der Waals surface area contributed by atoms with Gasteiger partial charge in [-0.05, 0) is 61.4 Å². The summed E-state index contributed by atoms with van der Waals surface area (Å²) < 4.78 is 15.3. The second-order valence-electron chi connectivity index (χ2n) is 8.15. The molecule has 0 fully saturated rings. The maximum Gasteiger partial charge on any atom is 0.123 e. The van der Waals surface area contributed by atoms with Gasteiger partial charge in [-0.25, -0.2) is 9.07 Å². The second-order valence-corrected chi connectivity index (χ2v) is 8.15. The summed E-state index contributed by atoms with van der Waals surface area (Å²) in [5, 5.41) is 4.66. The summed E-state index contributed by atoms with van der Waals surface area (Å²) in [5.74, 6) is 0.906. The van der Waals surface area contributed by atoms with Crippen LogP contribution in [-0.4, -0.2) is 9.78 Å². The van der Waals surface area contributed by atoms with Crippen molar-refractivity contribution in [2.45, 2.75) is 44.9 Å². The second kappa shape index (κ2) is 7.05. The standard InChI is InChI=1S/C25H25FN2/c1-17-23-16-27-28(22-13-11-21(26)12-14-22)24(23)15-20-10-9-19(25(17)20)8-7-18-5-3-2-4-6-18/h2-6,11-14,16-17,19H,7-10,15H2,1H3/t17-,19+/m0/s1. The van der Waals surface area contributed by atoms with E-state index < -0.39 is 0 Å². The van der Waals surface area contributed by atoms with E-state index in [4.69, 9.17) is 0 Å². The van der Waals surface area contributed by atoms with Crippen LogP contribution in [0.4, 0.5) is 4.39 Å². The van der Waals surface area contributed by atoms with Gasteiger partial charge < -0.3 is 0 Å². The van der Waals surface area contributed by atoms with Crippen molar-refractivity contribution in [2.24, 2.45) is 5.92 Å². The van der Waals surface area contributed by atoms with Gasteiger partial charge in [0, 0.05) is 17.9 Å². The lowest BCUT2D eigenvalue weighted by molar-refractivity contribution is 0.528. The van der Waals surface area contributed by atoms with E-state index in [1.165, 1.54) is 48.2 Å². The van der Waals surface area contributed by atoms with Gasteiger partial charge in [0.1, 0.15) is 5.82 Å². The molecule has 2 nitrogen and oxygen atoms in total. The summed E-state index contributed by atoms with van der Waals surface area (Å²) in [6.45, 7) is 2.34. The van der Waals surface area contributed by atoms with Crippen molar-refractivity contribution in [3.63, 3.8) is 0 Å². The third kappa shape index (κ3) is 2.99. The quantitative estimate of drug-likeness (QED) is 0.513. The molecule has 0 bridgehead atoms. The van der Waals surface area contributed by atoms with Crippen LogP contribution >= 0.6 is 0 Å². The van der Waals surface area contributed by atoms with E-state index in [2.05, 4.69) is 42.4 Å². The van der Waals surface area contributed by atoms with Crippen molar-refractivity contribution < 1.29 is 4.39 Å². The minimum Gasteiger partial charge on any atom is -0.237 e. The van der Waals surface area contributed by atoms with Gasteiger partial charge in [0.15, 0.2) is 0 Å². The van der Waals surface area contributed by atoms with Gasteiger partial charge in [0.05, 0.1) is 17.6 Å². The molecular weight excluding hydrogens is 347 g/mol. The van der Waals surface area contributed by atoms with Crippen LogP contribution in [0.25, 0.3) is 5.69 Å². The first kappa shape index (κ1) is 17.4. The predicted molar refractivity (Wildman–Crippen MR) is 110 cm³/mol. The van der Waals surface area contributed by atoms with E-state index in [1.54, 1.807) is 11.1 Å². The number of allylic oxidation sites excluding steroid dienone is 2. The van der Waals surface area contributed by atoms with Gasteiger partial charge in [-0.3, -0.25) is 0 Å². The molecular formula is C25H25FN2. The largest absolute Gasteiger partial charge is 0.237 e. The van der Waals surface area contributed by atoms with Crippen LogP contribution in [0, 0.1) is 11.7 Å². The summed E-state index contributed by atoms with van der Waals surface area (Å²) in [5.41, 5.74) is 8.28. The van der Waals surface area contributed by atoms with Crippen molar-refractivity contribution >= 4 is 0 Å². The van der Waals surface area contributed by atoms with E-state index in [1.807, 2.05) is 23.0 Å². The normalized spacial score (nSPS) is 20.9. The van der Waals surface area contributed by atoms with E-state index >= 15 is 0 Å². The molecule has 142 valence electrons. The lowest BCUT2D eigenvalue weighted by atomic mass is 9.78. The minimum atomic E-state index is -0.208. The zero-order valence-electron chi connectivity index (χ0n) is 16.2. The number of fused-ring (bicyclic) bond motifs is 1. The van der Waals surface area contributed by atoms with Gasteiger partial charge >= 0.3 is 0 Å². The number of aromatic nitrogens is 2. The number of benzene rings is 2. The Morgan fingerprint density at radius 1 is 1.07 bits per heavy atom. The smallest absolute Gasteiger partial charge is 0.123 e. The van der Waals surface area contributed by atoms with Crippen molar-refractivity contribution in [1.82, 2.24) is 9.78 Å². The molecule has 1 heterocycles. The van der Waals surface area contributed by atoms with E-state index in [9.17, 15) is 4.39 Å². The predicted octanol–water partition coefficient (Wildman–Crippen LogP) is 6.01. The number of hydrogen-bond acceptors (Lipinski definition) is 1. The summed E-state index contributed by atoms with van der Waals surface area (Å²) >= 11 is 0. The molecule has 5 rings (SSSR count). The van der Waals surface area contributed by atoms with Gasteiger partial charge in [0.25, 0.3) is 0 Å². The molecule has 0 saturated carbocycles. The van der Waals surface area contributed by atoms with Crippen LogP contribution in [0.3, 0.4) is 0 Å². The molecule has 2 aromatic carbocycles. The van der Waals surface area contributed by atoms with Gasteiger partial charge in [-0.1, -0.05) is 48.4 Å². The topological polar surface area (TPSA) is 17.8 Å². The number of aryl methyl sites for hydroxylation is 1. The molecule has 0 aliphatic heterocycles. The third-order valence-corrected chi connectivity index (χ3v) is 6.55. The SMILES string of the molecule is C[C@@H]1C2=C(CC[C@H]2CCc2ccccc2)Cc2c1cnn2-c1ccc(F)cc1. The van der Waals surface area contributed by atoms with Gasteiger partial charge in [-0.15, -0.1) is 0 Å². The first-order chi connectivity index (χ1) is 13.7. The Balaban J connectivity index is 1.40. The zero-order valence-corrected chi connectivity index (χ0v) is 16.2. The maximum absolute atomic E-state index is 13.3. The fraction of sp³-hybridized carbons (Fsp3) is 0.320. The molecule has 2 aliphatic rings. The number of halogens is 1. The van der Waals surface area contributed by atoms with Crippen molar-refractivity contribution in [1.29, 1.82) is 0 Å². The van der Waals surface area contributed by atoms with E-state index in [-0.39, 0.29) is 5.82 Å². The zero-order chi connectivity index (χ0) is 19.1. The van der Waals surface area contributed by atoms with Crippen LogP contribution in [0.5, 0.6) is 0 Å². The Kier molecular flexibility index (Phi) is 4.38. The number of rotatable bonds is 4. The molecule has 1 aromatic heterocycles. The van der Waals surface area contributed by atoms with Crippen LogP contribution in [-0.2, 0) is 12.8 Å². The fourth-order valence-corrected chi connectivity index (χ4v) is 5.17. The Hall–Kier alpha value is -2.68. The molecule has 28 heavy (non-hydrogen) atoms. The number of nitrogens with zero attached hydrogens (tertiary/aromatic N) is 2. The fourth-order valence-electron chi connectivity index (χ4n) is 5.17. The van der Waals surface area contributed by atoms with Crippen LogP contribution in [0.1, 0.15) is 48.9 Å². The lowest BCUT2D eigenvalue weighted by Crippen LogP contribution is -2.16. The average molecular weight is 372 g/mol. The molecule has 0 saturated heterocycles. The molecule has 2 aliphatic carbocycles. The summed E-state index contributed by atoms with van der Waals surface area (Å²) in [6.07, 6.45) is 7.86. The lowest BCUT2D eigenvalue weighted by Gasteiger charge is -2.27. The highest BCUT2D eigenvalue weighted by atomic mass is 19.1. The van der Waals surface area contributed by atoms with Crippen molar-refractivity contribution in [3.8, 4) is 5.69 Å². The maximum atomic E-state index is 13.3. The van der Waals surface area contributed by atoms with Crippen LogP contribution in [0.15, 0.2) is 71.9 Å². The van der Waals surface area contributed by atoms with Crippen molar-refractivity contribution in [2.75, 3.05) is 0 Å². The molecule has 0 radical (unpaired) electrons. The van der Waals surface area contributed by atoms with Gasteiger partial charge in [-0.2, -0.15) is 5.10 Å². The highest BCUT2D eigenvalue weighted by Gasteiger charge is 2.35. The number of hydrogen-bond donors (Lipinski definition) is 0. The minimum absolute atomic E-state index is 0.208. The average Bonchev–Trinajstić information content (AvgIpc) is 3.33. The highest BCUT2D eigenvalue weighted by Crippen LogP contribution is 2.48. The first-order valence-electron chi connectivity index (χ1n) is 10.3. The summed E-state index contributed by atoms with van der Waals surface area (Å²) in [7, 11) is 0.